The van der Waals surface area contributed by atoms with Crippen LogP contribution in [0.1, 0.15) is 27.7 Å². The fraction of sp³-hybridized carbons (Fsp3) is 0.571. The minimum atomic E-state index is -1.49. The first-order chi connectivity index (χ1) is 9.63. The summed E-state index contributed by atoms with van der Waals surface area (Å²) in [7, 11) is -1.49. The lowest BCUT2D eigenvalue weighted by Crippen LogP contribution is -2.53. The molecule has 7 heteroatoms. The van der Waals surface area contributed by atoms with Gasteiger partial charge in [-0.15, -0.1) is 0 Å². The first-order valence-electron chi connectivity index (χ1n) is 6.91. The van der Waals surface area contributed by atoms with E-state index in [2.05, 4.69) is 5.32 Å². The number of fused-ring (bicyclic) bond motifs is 1. The van der Waals surface area contributed by atoms with Crippen molar-refractivity contribution in [3.05, 3.63) is 17.9 Å². The molecule has 0 saturated carbocycles. The fourth-order valence-electron chi connectivity index (χ4n) is 1.87. The number of hydrogen-bond acceptors (Lipinski definition) is 5. The molecule has 0 aromatic heterocycles. The highest BCUT2D eigenvalue weighted by Gasteiger charge is 2.40. The van der Waals surface area contributed by atoms with Gasteiger partial charge in [-0.25, -0.2) is 4.39 Å². The molecule has 0 amide bonds. The molecule has 0 bridgehead atoms. The van der Waals surface area contributed by atoms with Crippen molar-refractivity contribution < 1.29 is 23.9 Å². The van der Waals surface area contributed by atoms with Gasteiger partial charge in [0.05, 0.1) is 11.2 Å². The third kappa shape index (κ3) is 3.15. The maximum atomic E-state index is 14.4. The van der Waals surface area contributed by atoms with Crippen LogP contribution in [0.4, 0.5) is 10.1 Å². The average molecular weight is 297 g/mol. The Morgan fingerprint density at radius 1 is 1.33 bits per heavy atom. The van der Waals surface area contributed by atoms with Crippen LogP contribution in [0.3, 0.4) is 0 Å². The molecule has 5 nitrogen and oxygen atoms in total. The van der Waals surface area contributed by atoms with Crippen LogP contribution >= 0.6 is 0 Å². The summed E-state index contributed by atoms with van der Waals surface area (Å²) in [6.45, 7) is 7.37. The third-order valence-corrected chi connectivity index (χ3v) is 3.94. The number of hydrogen-bond donors (Lipinski definition) is 3. The second kappa shape index (κ2) is 5.48. The zero-order chi connectivity index (χ0) is 15.8. The van der Waals surface area contributed by atoms with E-state index < -0.39 is 24.1 Å². The van der Waals surface area contributed by atoms with Gasteiger partial charge in [-0.1, -0.05) is 6.07 Å². The summed E-state index contributed by atoms with van der Waals surface area (Å²) >= 11 is 0. The van der Waals surface area contributed by atoms with E-state index in [-0.39, 0.29) is 11.2 Å². The van der Waals surface area contributed by atoms with E-state index in [4.69, 9.17) is 9.39 Å². The summed E-state index contributed by atoms with van der Waals surface area (Å²) in [4.78, 5) is 0. The summed E-state index contributed by atoms with van der Waals surface area (Å²) in [6.07, 6.45) is 0. The van der Waals surface area contributed by atoms with Gasteiger partial charge in [-0.3, -0.25) is 0 Å². The molecule has 0 radical (unpaired) electrons. The number of aliphatic hydroxyl groups is 1. The summed E-state index contributed by atoms with van der Waals surface area (Å²) in [5.41, 5.74) is -2.02. The van der Waals surface area contributed by atoms with Crippen molar-refractivity contribution in [3.63, 3.8) is 0 Å². The van der Waals surface area contributed by atoms with E-state index in [9.17, 15) is 14.5 Å². The van der Waals surface area contributed by atoms with Crippen LogP contribution in [0.2, 0.25) is 0 Å². The molecule has 2 rings (SSSR count). The second-order valence-electron chi connectivity index (χ2n) is 6.16. The molecule has 1 aliphatic rings. The van der Waals surface area contributed by atoms with E-state index in [1.54, 1.807) is 33.8 Å². The molecule has 0 atom stereocenters. The minimum Gasteiger partial charge on any atom is -0.489 e. The number of anilines is 1. The third-order valence-electron chi connectivity index (χ3n) is 3.94. The highest BCUT2D eigenvalue weighted by Crippen LogP contribution is 2.30. The van der Waals surface area contributed by atoms with Gasteiger partial charge >= 0.3 is 7.12 Å². The smallest absolute Gasteiger partial charge is 0.489 e. The van der Waals surface area contributed by atoms with Gasteiger partial charge in [0.15, 0.2) is 0 Å². The van der Waals surface area contributed by atoms with Crippen LogP contribution in [-0.2, 0) is 4.65 Å². The number of halogens is 1. The van der Waals surface area contributed by atoms with Crippen molar-refractivity contribution in [2.45, 2.75) is 38.9 Å². The maximum Gasteiger partial charge on any atom is 0.494 e. The molecule has 116 valence electrons. The van der Waals surface area contributed by atoms with Crippen LogP contribution in [0.15, 0.2) is 12.1 Å². The van der Waals surface area contributed by atoms with E-state index >= 15 is 0 Å². The van der Waals surface area contributed by atoms with E-state index in [0.29, 0.717) is 18.9 Å². The van der Waals surface area contributed by atoms with E-state index in [1.807, 2.05) is 0 Å². The number of ether oxygens (including phenoxy) is 1. The van der Waals surface area contributed by atoms with Gasteiger partial charge in [-0.2, -0.15) is 0 Å². The molecule has 1 aromatic rings. The van der Waals surface area contributed by atoms with Crippen molar-refractivity contribution in [1.82, 2.24) is 0 Å². The molecule has 0 aliphatic carbocycles. The van der Waals surface area contributed by atoms with Crippen molar-refractivity contribution in [2.75, 3.05) is 18.5 Å². The topological polar surface area (TPSA) is 71.0 Å². The number of benzene rings is 1. The van der Waals surface area contributed by atoms with E-state index in [0.717, 1.165) is 0 Å². The molecule has 0 fully saturated rings. The Bertz CT molecular complexity index is 530. The molecule has 0 spiro atoms. The van der Waals surface area contributed by atoms with Crippen LogP contribution in [0.5, 0.6) is 5.75 Å². The Hall–Kier alpha value is -1.31. The summed E-state index contributed by atoms with van der Waals surface area (Å²) < 4.78 is 25.2. The molecular formula is C14H21BFNO4. The van der Waals surface area contributed by atoms with Crippen molar-refractivity contribution in [2.24, 2.45) is 0 Å². The Kier molecular flexibility index (Phi) is 4.19. The van der Waals surface area contributed by atoms with E-state index in [1.165, 1.54) is 6.07 Å². The Labute approximate surface area is 124 Å². The maximum absolute atomic E-state index is 14.4. The quantitative estimate of drug-likeness (QED) is 0.720. The lowest BCUT2D eigenvalue weighted by Gasteiger charge is -2.38. The highest BCUT2D eigenvalue weighted by molar-refractivity contribution is 6.60. The Balaban J connectivity index is 2.26. The average Bonchev–Trinajstić information content (AvgIpc) is 2.37. The summed E-state index contributed by atoms with van der Waals surface area (Å²) in [6, 6.07) is 3.01. The largest absolute Gasteiger partial charge is 0.494 e. The Morgan fingerprint density at radius 3 is 2.62 bits per heavy atom. The van der Waals surface area contributed by atoms with Crippen LogP contribution in [0.25, 0.3) is 0 Å². The minimum absolute atomic E-state index is 0.00377. The summed E-state index contributed by atoms with van der Waals surface area (Å²) in [5.74, 6) is -0.192. The SMILES string of the molecule is CC(C)(O)C(C)(C)OB(O)c1ccc2c(c1F)NCCO2. The first kappa shape index (κ1) is 16.1. The standard InChI is InChI=1S/C14H21BFNO4/c1-13(2,18)14(3,4)21-15(19)9-5-6-10-12(11(9)16)17-7-8-20-10/h5-6,17-19H,7-8H2,1-4H3. The molecular weight excluding hydrogens is 276 g/mol. The molecule has 21 heavy (non-hydrogen) atoms. The van der Waals surface area contributed by atoms with Gasteiger partial charge in [-0.05, 0) is 33.8 Å². The fourth-order valence-corrected chi connectivity index (χ4v) is 1.87. The van der Waals surface area contributed by atoms with Crippen molar-refractivity contribution in [1.29, 1.82) is 0 Å². The molecule has 1 aliphatic heterocycles. The van der Waals surface area contributed by atoms with Crippen LogP contribution < -0.4 is 15.5 Å². The normalized spacial score (nSPS) is 15.0. The molecule has 0 unspecified atom stereocenters. The first-order valence-corrected chi connectivity index (χ1v) is 6.91. The second-order valence-corrected chi connectivity index (χ2v) is 6.16. The molecule has 3 N–H and O–H groups in total. The number of rotatable bonds is 4. The highest BCUT2D eigenvalue weighted by atomic mass is 19.1. The zero-order valence-electron chi connectivity index (χ0n) is 12.7. The predicted molar refractivity (Wildman–Crippen MR) is 79.5 cm³/mol. The number of nitrogens with one attached hydrogen (secondary N) is 1. The monoisotopic (exact) mass is 297 g/mol. The lowest BCUT2D eigenvalue weighted by atomic mass is 9.76. The predicted octanol–water partition coefficient (Wildman–Crippen LogP) is 0.884. The van der Waals surface area contributed by atoms with Crippen LogP contribution in [0, 0.1) is 5.82 Å². The lowest BCUT2D eigenvalue weighted by molar-refractivity contribution is -0.0983. The zero-order valence-corrected chi connectivity index (χ0v) is 12.7. The van der Waals surface area contributed by atoms with Crippen molar-refractivity contribution >= 4 is 18.3 Å². The molecule has 1 heterocycles. The van der Waals surface area contributed by atoms with Gasteiger partial charge in [0.25, 0.3) is 0 Å². The van der Waals surface area contributed by atoms with Gasteiger partial charge in [0.1, 0.15) is 23.9 Å². The van der Waals surface area contributed by atoms with Crippen molar-refractivity contribution in [3.8, 4) is 5.75 Å². The molecule has 0 saturated heterocycles. The van der Waals surface area contributed by atoms with Gasteiger partial charge in [0, 0.05) is 12.0 Å². The van der Waals surface area contributed by atoms with Gasteiger partial charge < -0.3 is 24.8 Å². The van der Waals surface area contributed by atoms with Gasteiger partial charge in [0.2, 0.25) is 0 Å². The van der Waals surface area contributed by atoms with Crippen LogP contribution in [-0.4, -0.2) is 41.6 Å². The summed E-state index contributed by atoms with van der Waals surface area (Å²) in [5, 5.41) is 23.1. The Morgan fingerprint density at radius 2 is 2.00 bits per heavy atom. The molecule has 1 aromatic carbocycles.